The second-order valence-corrected chi connectivity index (χ2v) is 6.05. The number of para-hydroxylation sites is 2. The number of nitrogens with zero attached hydrogens (tertiary/aromatic N) is 2. The highest BCUT2D eigenvalue weighted by Crippen LogP contribution is 2.15. The zero-order chi connectivity index (χ0) is 16.0. The van der Waals surface area contributed by atoms with Crippen LogP contribution in [0.25, 0.3) is 22.1 Å². The van der Waals surface area contributed by atoms with Crippen LogP contribution in [0.2, 0.25) is 0 Å². The molecule has 0 N–H and O–H groups in total. The predicted octanol–water partition coefficient (Wildman–Crippen LogP) is 0.820. The Balaban J connectivity index is 1.90. The van der Waals surface area contributed by atoms with Crippen molar-refractivity contribution in [3.05, 3.63) is 74.5 Å². The summed E-state index contributed by atoms with van der Waals surface area (Å²) in [5, 5.41) is 10.8. The van der Waals surface area contributed by atoms with E-state index in [0.29, 0.717) is 9.49 Å². The van der Waals surface area contributed by atoms with E-state index < -0.39 is 5.97 Å². The molecule has 0 saturated heterocycles. The minimum absolute atomic E-state index is 0.108. The van der Waals surface area contributed by atoms with Crippen LogP contribution in [0, 0.1) is 0 Å². The van der Waals surface area contributed by atoms with Gasteiger partial charge in [0.1, 0.15) is 0 Å². The molecule has 0 radical (unpaired) electrons. The van der Waals surface area contributed by atoms with Crippen molar-refractivity contribution in [2.24, 2.45) is 0 Å². The van der Waals surface area contributed by atoms with Crippen molar-refractivity contribution in [1.29, 1.82) is 0 Å². The Morgan fingerprint density at radius 1 is 1.13 bits per heavy atom. The highest BCUT2D eigenvalue weighted by atomic mass is 32.1. The molecule has 5 nitrogen and oxygen atoms in total. The van der Waals surface area contributed by atoms with Crippen LogP contribution in [-0.2, 0) is 0 Å². The van der Waals surface area contributed by atoms with Gasteiger partial charge in [-0.2, -0.15) is 0 Å². The molecule has 2 heterocycles. The SMILES string of the molecule is O=C([O-])c1ccc(C=c2sc3nc4ccccc4n3c2=O)cc1. The van der Waals surface area contributed by atoms with Crippen molar-refractivity contribution in [1.82, 2.24) is 9.38 Å². The molecule has 6 heteroatoms. The molecule has 0 atom stereocenters. The van der Waals surface area contributed by atoms with Crippen LogP contribution in [0.1, 0.15) is 15.9 Å². The lowest BCUT2D eigenvalue weighted by molar-refractivity contribution is -0.255. The second kappa shape index (κ2) is 5.03. The lowest BCUT2D eigenvalue weighted by atomic mass is 10.1. The van der Waals surface area contributed by atoms with Gasteiger partial charge in [-0.15, -0.1) is 0 Å². The number of rotatable bonds is 2. The number of aromatic carboxylic acids is 1. The Labute approximate surface area is 133 Å². The van der Waals surface area contributed by atoms with E-state index in [4.69, 9.17) is 0 Å². The van der Waals surface area contributed by atoms with E-state index in [1.54, 1.807) is 22.6 Å². The normalized spacial score (nSPS) is 12.3. The number of benzene rings is 2. The summed E-state index contributed by atoms with van der Waals surface area (Å²) in [7, 11) is 0. The second-order valence-electron chi connectivity index (χ2n) is 5.04. The number of imidazole rings is 1. The first-order chi connectivity index (χ1) is 11.1. The van der Waals surface area contributed by atoms with Crippen LogP contribution >= 0.6 is 11.3 Å². The fourth-order valence-corrected chi connectivity index (χ4v) is 3.47. The van der Waals surface area contributed by atoms with Gasteiger partial charge in [0.25, 0.3) is 5.56 Å². The van der Waals surface area contributed by atoms with Crippen molar-refractivity contribution in [2.45, 2.75) is 0 Å². The van der Waals surface area contributed by atoms with E-state index in [0.717, 1.165) is 16.6 Å². The summed E-state index contributed by atoms with van der Waals surface area (Å²) < 4.78 is 2.15. The van der Waals surface area contributed by atoms with Gasteiger partial charge < -0.3 is 9.90 Å². The lowest BCUT2D eigenvalue weighted by Gasteiger charge is -2.01. The maximum absolute atomic E-state index is 12.6. The number of thiazole rings is 1. The summed E-state index contributed by atoms with van der Waals surface area (Å²) in [5.41, 5.74) is 2.32. The Hall–Kier alpha value is -2.99. The van der Waals surface area contributed by atoms with Gasteiger partial charge in [-0.1, -0.05) is 47.7 Å². The molecule has 0 aliphatic rings. The fourth-order valence-electron chi connectivity index (χ4n) is 2.48. The molecule has 0 aliphatic heterocycles. The van der Waals surface area contributed by atoms with Gasteiger partial charge in [-0.25, -0.2) is 9.38 Å². The number of hydrogen-bond acceptors (Lipinski definition) is 5. The molecule has 0 bridgehead atoms. The van der Waals surface area contributed by atoms with E-state index in [9.17, 15) is 14.7 Å². The summed E-state index contributed by atoms with van der Waals surface area (Å²) in [6.45, 7) is 0. The van der Waals surface area contributed by atoms with Gasteiger partial charge in [-0.05, 0) is 29.3 Å². The van der Waals surface area contributed by atoms with Crippen LogP contribution in [-0.4, -0.2) is 15.4 Å². The maximum atomic E-state index is 12.6. The number of carbonyl (C=O) groups excluding carboxylic acids is 1. The number of carboxylic acid groups (broad SMARTS) is 1. The maximum Gasteiger partial charge on any atom is 0.274 e. The third-order valence-electron chi connectivity index (χ3n) is 3.59. The smallest absolute Gasteiger partial charge is 0.274 e. The van der Waals surface area contributed by atoms with Gasteiger partial charge in [0.05, 0.1) is 21.5 Å². The third-order valence-corrected chi connectivity index (χ3v) is 4.56. The summed E-state index contributed by atoms with van der Waals surface area (Å²) in [6, 6.07) is 13.7. The van der Waals surface area contributed by atoms with Crippen LogP contribution in [0.4, 0.5) is 0 Å². The van der Waals surface area contributed by atoms with E-state index in [2.05, 4.69) is 4.98 Å². The average molecular weight is 321 g/mol. The van der Waals surface area contributed by atoms with Crippen LogP contribution < -0.4 is 15.2 Å². The monoisotopic (exact) mass is 321 g/mol. The van der Waals surface area contributed by atoms with E-state index in [-0.39, 0.29) is 11.1 Å². The van der Waals surface area contributed by atoms with Gasteiger partial charge in [0.15, 0.2) is 4.96 Å². The molecule has 0 amide bonds. The van der Waals surface area contributed by atoms with Crippen LogP contribution in [0.15, 0.2) is 53.3 Å². The summed E-state index contributed by atoms with van der Waals surface area (Å²) in [4.78, 5) is 28.4. The third kappa shape index (κ3) is 2.20. The molecule has 0 saturated carbocycles. The molecule has 23 heavy (non-hydrogen) atoms. The molecule has 4 aromatic rings. The zero-order valence-electron chi connectivity index (χ0n) is 11.7. The number of carbonyl (C=O) groups is 1. The molecule has 0 aliphatic carbocycles. The standard InChI is InChI=1S/C17H10N2O3S/c20-15-14(9-10-5-7-11(8-6-10)16(21)22)23-17-18-12-3-1-2-4-13(12)19(15)17/h1-9H,(H,21,22)/p-1. The Kier molecular flexibility index (Phi) is 2.99. The van der Waals surface area contributed by atoms with E-state index >= 15 is 0 Å². The van der Waals surface area contributed by atoms with Crippen LogP contribution in [0.3, 0.4) is 0 Å². The Morgan fingerprint density at radius 3 is 2.61 bits per heavy atom. The molecular formula is C17H9N2O3S-. The molecule has 0 unspecified atom stereocenters. The lowest BCUT2D eigenvalue weighted by Crippen LogP contribution is -2.23. The number of hydrogen-bond donors (Lipinski definition) is 0. The Morgan fingerprint density at radius 2 is 1.87 bits per heavy atom. The zero-order valence-corrected chi connectivity index (χ0v) is 12.5. The van der Waals surface area contributed by atoms with Crippen molar-refractivity contribution in [3.8, 4) is 0 Å². The van der Waals surface area contributed by atoms with Gasteiger partial charge in [0, 0.05) is 0 Å². The van der Waals surface area contributed by atoms with Crippen molar-refractivity contribution >= 4 is 39.4 Å². The van der Waals surface area contributed by atoms with E-state index in [1.807, 2.05) is 24.3 Å². The quantitative estimate of drug-likeness (QED) is 0.548. The highest BCUT2D eigenvalue weighted by molar-refractivity contribution is 7.15. The largest absolute Gasteiger partial charge is 0.545 e. The topological polar surface area (TPSA) is 74.5 Å². The minimum atomic E-state index is -1.22. The van der Waals surface area contributed by atoms with Crippen molar-refractivity contribution in [3.63, 3.8) is 0 Å². The van der Waals surface area contributed by atoms with Crippen molar-refractivity contribution in [2.75, 3.05) is 0 Å². The average Bonchev–Trinajstić information content (AvgIpc) is 3.05. The number of fused-ring (bicyclic) bond motifs is 3. The molecule has 0 fully saturated rings. The minimum Gasteiger partial charge on any atom is -0.545 e. The van der Waals surface area contributed by atoms with Gasteiger partial charge >= 0.3 is 0 Å². The molecule has 0 spiro atoms. The highest BCUT2D eigenvalue weighted by Gasteiger charge is 2.10. The molecular weight excluding hydrogens is 312 g/mol. The predicted molar refractivity (Wildman–Crippen MR) is 86.4 cm³/mol. The molecule has 4 rings (SSSR count). The fraction of sp³-hybridized carbons (Fsp3) is 0. The first-order valence-corrected chi connectivity index (χ1v) is 7.68. The van der Waals surface area contributed by atoms with E-state index in [1.165, 1.54) is 23.5 Å². The molecule has 2 aromatic carbocycles. The number of carboxylic acids is 1. The summed E-state index contributed by atoms with van der Waals surface area (Å²) in [5.74, 6) is -1.22. The van der Waals surface area contributed by atoms with Gasteiger partial charge in [0.2, 0.25) is 0 Å². The number of aromatic nitrogens is 2. The van der Waals surface area contributed by atoms with Gasteiger partial charge in [-0.3, -0.25) is 4.79 Å². The molecule has 112 valence electrons. The first kappa shape index (κ1) is 13.7. The Bertz CT molecular complexity index is 1160. The molecule has 2 aromatic heterocycles. The first-order valence-electron chi connectivity index (χ1n) is 6.86. The van der Waals surface area contributed by atoms with Crippen molar-refractivity contribution < 1.29 is 9.90 Å². The summed E-state index contributed by atoms with van der Waals surface area (Å²) >= 11 is 1.31. The summed E-state index contributed by atoms with van der Waals surface area (Å²) in [6.07, 6.45) is 1.73. The van der Waals surface area contributed by atoms with Crippen LogP contribution in [0.5, 0.6) is 0 Å².